The summed E-state index contributed by atoms with van der Waals surface area (Å²) in [5.74, 6) is 0.191. The zero-order chi connectivity index (χ0) is 23.1. The summed E-state index contributed by atoms with van der Waals surface area (Å²) in [6.45, 7) is 0. The molecule has 168 valence electrons. The predicted molar refractivity (Wildman–Crippen MR) is 127 cm³/mol. The number of ether oxygens (including phenoxy) is 2. The zero-order valence-corrected chi connectivity index (χ0v) is 19.9. The highest BCUT2D eigenvalue weighted by Gasteiger charge is 2.27. The summed E-state index contributed by atoms with van der Waals surface area (Å²) < 4.78 is 39.9. The van der Waals surface area contributed by atoms with Crippen molar-refractivity contribution in [3.63, 3.8) is 0 Å². The van der Waals surface area contributed by atoms with Crippen LogP contribution in [0, 0.1) is 0 Å². The van der Waals surface area contributed by atoms with Gasteiger partial charge < -0.3 is 14.8 Å². The number of carbonyl (C=O) groups is 1. The van der Waals surface area contributed by atoms with Crippen LogP contribution in [-0.4, -0.2) is 34.6 Å². The standard InChI is InChI=1S/C23H23BrN2O5S/c1-30-21-13-12-17(15-22(21)31-2)32(28,29)26-20(14-16-8-4-3-5-9-16)23(27)25-19-11-7-6-10-18(19)24/h3-13,15,20,26H,14H2,1-2H3,(H,25,27). The van der Waals surface area contributed by atoms with Gasteiger partial charge >= 0.3 is 0 Å². The minimum atomic E-state index is -4.04. The Labute approximate surface area is 195 Å². The fraction of sp³-hybridized carbons (Fsp3) is 0.174. The van der Waals surface area contributed by atoms with Crippen LogP contribution in [0.4, 0.5) is 5.69 Å². The molecule has 1 amide bonds. The molecule has 0 aliphatic rings. The van der Waals surface area contributed by atoms with Gasteiger partial charge in [0.1, 0.15) is 6.04 Å². The van der Waals surface area contributed by atoms with E-state index in [2.05, 4.69) is 26.0 Å². The van der Waals surface area contributed by atoms with Crippen molar-refractivity contribution in [3.05, 3.63) is 82.8 Å². The van der Waals surface area contributed by atoms with Crippen molar-refractivity contribution in [2.45, 2.75) is 17.4 Å². The van der Waals surface area contributed by atoms with Crippen molar-refractivity contribution >= 4 is 37.5 Å². The molecule has 1 unspecified atom stereocenters. The summed E-state index contributed by atoms with van der Waals surface area (Å²) >= 11 is 3.39. The minimum absolute atomic E-state index is 0.0399. The first-order chi connectivity index (χ1) is 15.3. The maximum Gasteiger partial charge on any atom is 0.242 e. The maximum atomic E-state index is 13.1. The Balaban J connectivity index is 1.90. The van der Waals surface area contributed by atoms with Crippen molar-refractivity contribution in [1.29, 1.82) is 0 Å². The Morgan fingerprint density at radius 2 is 1.59 bits per heavy atom. The number of amides is 1. The molecule has 0 heterocycles. The Morgan fingerprint density at radius 1 is 0.938 bits per heavy atom. The second-order valence-electron chi connectivity index (χ2n) is 6.85. The molecule has 0 spiro atoms. The summed E-state index contributed by atoms with van der Waals surface area (Å²) in [5, 5.41) is 2.79. The topological polar surface area (TPSA) is 93.7 Å². The van der Waals surface area contributed by atoms with E-state index in [1.54, 1.807) is 18.2 Å². The Morgan fingerprint density at radius 3 is 2.25 bits per heavy atom. The molecular weight excluding hydrogens is 496 g/mol. The molecular formula is C23H23BrN2O5S. The van der Waals surface area contributed by atoms with E-state index in [-0.39, 0.29) is 17.1 Å². The lowest BCUT2D eigenvalue weighted by molar-refractivity contribution is -0.117. The van der Waals surface area contributed by atoms with E-state index in [4.69, 9.17) is 9.47 Å². The Bertz CT molecular complexity index is 1190. The Kier molecular flexibility index (Phi) is 7.89. The molecule has 0 saturated carbocycles. The quantitative estimate of drug-likeness (QED) is 0.446. The molecule has 3 aromatic rings. The van der Waals surface area contributed by atoms with Gasteiger partial charge in [-0.05, 0) is 52.2 Å². The fourth-order valence-electron chi connectivity index (χ4n) is 3.06. The Hall–Kier alpha value is -2.88. The van der Waals surface area contributed by atoms with Gasteiger partial charge in [0.2, 0.25) is 15.9 Å². The van der Waals surface area contributed by atoms with Gasteiger partial charge in [0.15, 0.2) is 11.5 Å². The molecule has 0 bridgehead atoms. The van der Waals surface area contributed by atoms with Crippen LogP contribution < -0.4 is 19.5 Å². The molecule has 0 radical (unpaired) electrons. The third-order valence-electron chi connectivity index (χ3n) is 4.69. The summed E-state index contributed by atoms with van der Waals surface area (Å²) in [6, 6.07) is 19.5. The van der Waals surface area contributed by atoms with Crippen molar-refractivity contribution in [2.24, 2.45) is 0 Å². The first kappa shape index (κ1) is 23.8. The number of sulfonamides is 1. The second kappa shape index (κ2) is 10.6. The number of para-hydroxylation sites is 1. The van der Waals surface area contributed by atoms with E-state index in [1.807, 2.05) is 36.4 Å². The van der Waals surface area contributed by atoms with Crippen LogP contribution >= 0.6 is 15.9 Å². The van der Waals surface area contributed by atoms with Gasteiger partial charge in [0, 0.05) is 10.5 Å². The third-order valence-corrected chi connectivity index (χ3v) is 6.85. The molecule has 0 fully saturated rings. The number of rotatable bonds is 9. The molecule has 7 nitrogen and oxygen atoms in total. The number of methoxy groups -OCH3 is 2. The number of halogens is 1. The van der Waals surface area contributed by atoms with E-state index in [0.717, 1.165) is 5.56 Å². The normalized spacial score (nSPS) is 12.1. The molecule has 1 atom stereocenters. The van der Waals surface area contributed by atoms with Crippen molar-refractivity contribution in [2.75, 3.05) is 19.5 Å². The van der Waals surface area contributed by atoms with Gasteiger partial charge in [-0.2, -0.15) is 4.72 Å². The first-order valence-electron chi connectivity index (χ1n) is 9.67. The van der Waals surface area contributed by atoms with E-state index >= 15 is 0 Å². The molecule has 0 aromatic heterocycles. The SMILES string of the molecule is COc1ccc(S(=O)(=O)NC(Cc2ccccc2)C(=O)Nc2ccccc2Br)cc1OC. The lowest BCUT2D eigenvalue weighted by atomic mass is 10.1. The molecule has 0 saturated heterocycles. The predicted octanol–water partition coefficient (Wildman–Crippen LogP) is 3.99. The third kappa shape index (κ3) is 5.87. The first-order valence-corrected chi connectivity index (χ1v) is 12.0. The summed E-state index contributed by atoms with van der Waals surface area (Å²) in [6.07, 6.45) is 0.170. The van der Waals surface area contributed by atoms with E-state index < -0.39 is 22.0 Å². The van der Waals surface area contributed by atoms with Gasteiger partial charge in [-0.1, -0.05) is 42.5 Å². The van der Waals surface area contributed by atoms with Gasteiger partial charge in [-0.3, -0.25) is 4.79 Å². The van der Waals surface area contributed by atoms with Crippen LogP contribution in [0.3, 0.4) is 0 Å². The van der Waals surface area contributed by atoms with Crippen LogP contribution in [0.25, 0.3) is 0 Å². The highest BCUT2D eigenvalue weighted by Crippen LogP contribution is 2.29. The molecule has 0 aliphatic carbocycles. The van der Waals surface area contributed by atoms with Crippen LogP contribution in [0.5, 0.6) is 11.5 Å². The largest absolute Gasteiger partial charge is 0.493 e. The molecule has 32 heavy (non-hydrogen) atoms. The number of carbonyl (C=O) groups excluding carboxylic acids is 1. The zero-order valence-electron chi connectivity index (χ0n) is 17.5. The van der Waals surface area contributed by atoms with E-state index in [0.29, 0.717) is 15.9 Å². The monoisotopic (exact) mass is 518 g/mol. The van der Waals surface area contributed by atoms with Crippen molar-refractivity contribution in [3.8, 4) is 11.5 Å². The smallest absolute Gasteiger partial charge is 0.242 e. The summed E-state index contributed by atoms with van der Waals surface area (Å²) in [5.41, 5.74) is 1.36. The maximum absolute atomic E-state index is 13.1. The van der Waals surface area contributed by atoms with E-state index in [1.165, 1.54) is 32.4 Å². The lowest BCUT2D eigenvalue weighted by Gasteiger charge is -2.20. The van der Waals surface area contributed by atoms with Gasteiger partial charge in [-0.15, -0.1) is 0 Å². The van der Waals surface area contributed by atoms with Gasteiger partial charge in [0.25, 0.3) is 0 Å². The van der Waals surface area contributed by atoms with Crippen LogP contribution in [0.15, 0.2) is 82.2 Å². The number of hydrogen-bond donors (Lipinski definition) is 2. The second-order valence-corrected chi connectivity index (χ2v) is 9.42. The molecule has 9 heteroatoms. The van der Waals surface area contributed by atoms with Crippen LogP contribution in [0.2, 0.25) is 0 Å². The van der Waals surface area contributed by atoms with Crippen LogP contribution in [0.1, 0.15) is 5.56 Å². The van der Waals surface area contributed by atoms with Gasteiger partial charge in [0.05, 0.1) is 24.8 Å². The minimum Gasteiger partial charge on any atom is -0.493 e. The molecule has 3 aromatic carbocycles. The average Bonchev–Trinajstić information content (AvgIpc) is 2.80. The summed E-state index contributed by atoms with van der Waals surface area (Å²) in [7, 11) is -1.16. The highest BCUT2D eigenvalue weighted by atomic mass is 79.9. The number of anilines is 1. The molecule has 2 N–H and O–H groups in total. The van der Waals surface area contributed by atoms with Crippen molar-refractivity contribution < 1.29 is 22.7 Å². The average molecular weight is 519 g/mol. The lowest BCUT2D eigenvalue weighted by Crippen LogP contribution is -2.45. The molecule has 0 aliphatic heterocycles. The summed E-state index contributed by atoms with van der Waals surface area (Å²) in [4.78, 5) is 13.1. The fourth-order valence-corrected chi connectivity index (χ4v) is 4.65. The highest BCUT2D eigenvalue weighted by molar-refractivity contribution is 9.10. The van der Waals surface area contributed by atoms with E-state index in [9.17, 15) is 13.2 Å². The number of nitrogens with one attached hydrogen (secondary N) is 2. The number of hydrogen-bond acceptors (Lipinski definition) is 5. The molecule has 3 rings (SSSR count). The van der Waals surface area contributed by atoms with Crippen molar-refractivity contribution in [1.82, 2.24) is 4.72 Å². The number of benzene rings is 3. The van der Waals surface area contributed by atoms with Crippen LogP contribution in [-0.2, 0) is 21.2 Å². The van der Waals surface area contributed by atoms with Gasteiger partial charge in [-0.25, -0.2) is 8.42 Å².